The summed E-state index contributed by atoms with van der Waals surface area (Å²) in [6, 6.07) is 7.48. The Hall–Kier alpha value is -1.09. The molecule has 0 amide bonds. The van der Waals surface area contributed by atoms with Gasteiger partial charge < -0.3 is 10.2 Å². The molecule has 0 aliphatic heterocycles. The maximum absolute atomic E-state index is 13.5. The molecule has 0 bridgehead atoms. The molecule has 0 fully saturated rings. The Morgan fingerprint density at radius 2 is 2.06 bits per heavy atom. The molecule has 0 radical (unpaired) electrons. The molecule has 0 aliphatic carbocycles. The minimum Gasteiger partial charge on any atom is -0.372 e. The molecule has 0 heterocycles. The minimum atomic E-state index is -0.142. The van der Waals surface area contributed by atoms with E-state index in [4.69, 9.17) is 0 Å². The highest BCUT2D eigenvalue weighted by Crippen LogP contribution is 2.17. The number of nitrogens with zero attached hydrogens (tertiary/aromatic N) is 1. The van der Waals surface area contributed by atoms with Gasteiger partial charge in [-0.2, -0.15) is 0 Å². The van der Waals surface area contributed by atoms with Crippen LogP contribution in [0.5, 0.6) is 0 Å². The lowest BCUT2D eigenvalue weighted by Crippen LogP contribution is -2.28. The minimum absolute atomic E-state index is 0.142. The van der Waals surface area contributed by atoms with Crippen LogP contribution in [0.1, 0.15) is 33.1 Å². The van der Waals surface area contributed by atoms with Crippen molar-refractivity contribution in [2.45, 2.75) is 39.2 Å². The molecule has 1 unspecified atom stereocenters. The summed E-state index contributed by atoms with van der Waals surface area (Å²) in [6.07, 6.45) is 3.36. The molecular formula is C15H25FN2. The molecule has 0 spiro atoms. The van der Waals surface area contributed by atoms with Crippen LogP contribution in [-0.4, -0.2) is 26.2 Å². The van der Waals surface area contributed by atoms with E-state index in [-0.39, 0.29) is 5.82 Å². The first-order valence-corrected chi connectivity index (χ1v) is 6.84. The van der Waals surface area contributed by atoms with Crippen LogP contribution in [0.15, 0.2) is 24.3 Å². The monoisotopic (exact) mass is 252 g/mol. The average molecular weight is 252 g/mol. The third-order valence-electron chi connectivity index (χ3n) is 3.14. The summed E-state index contributed by atoms with van der Waals surface area (Å²) in [6.45, 7) is 6.34. The van der Waals surface area contributed by atoms with Crippen molar-refractivity contribution in [2.75, 3.05) is 25.0 Å². The van der Waals surface area contributed by atoms with Crippen LogP contribution >= 0.6 is 0 Å². The van der Waals surface area contributed by atoms with Crippen molar-refractivity contribution < 1.29 is 4.39 Å². The lowest BCUT2D eigenvalue weighted by atomic mass is 10.1. The van der Waals surface area contributed by atoms with Gasteiger partial charge >= 0.3 is 0 Å². The van der Waals surface area contributed by atoms with Crippen LogP contribution in [0, 0.1) is 5.82 Å². The van der Waals surface area contributed by atoms with Crippen molar-refractivity contribution in [1.29, 1.82) is 0 Å². The zero-order valence-corrected chi connectivity index (χ0v) is 11.7. The Balaban J connectivity index is 2.29. The second-order valence-electron chi connectivity index (χ2n) is 4.87. The second-order valence-corrected chi connectivity index (χ2v) is 4.87. The van der Waals surface area contributed by atoms with Crippen LogP contribution in [-0.2, 0) is 0 Å². The van der Waals surface area contributed by atoms with Gasteiger partial charge in [0.25, 0.3) is 0 Å². The smallest absolute Gasteiger partial charge is 0.146 e. The average Bonchev–Trinajstić information content (AvgIpc) is 2.36. The summed E-state index contributed by atoms with van der Waals surface area (Å²) in [7, 11) is 1.95. The number of rotatable bonds is 8. The first kappa shape index (κ1) is 15.0. The predicted molar refractivity (Wildman–Crippen MR) is 76.7 cm³/mol. The highest BCUT2D eigenvalue weighted by Gasteiger charge is 2.07. The van der Waals surface area contributed by atoms with Crippen molar-refractivity contribution >= 4 is 5.69 Å². The van der Waals surface area contributed by atoms with Crippen molar-refractivity contribution in [3.05, 3.63) is 30.1 Å². The van der Waals surface area contributed by atoms with Gasteiger partial charge in [-0.15, -0.1) is 0 Å². The third-order valence-corrected chi connectivity index (χ3v) is 3.14. The Morgan fingerprint density at radius 3 is 2.72 bits per heavy atom. The van der Waals surface area contributed by atoms with E-state index in [0.717, 1.165) is 25.9 Å². The zero-order valence-electron chi connectivity index (χ0n) is 11.7. The maximum Gasteiger partial charge on any atom is 0.146 e. The molecular weight excluding hydrogens is 227 g/mol. The van der Waals surface area contributed by atoms with E-state index in [1.54, 1.807) is 6.07 Å². The SMILES string of the molecule is CCCNC(C)CCCN(C)c1ccccc1F. The van der Waals surface area contributed by atoms with Crippen LogP contribution in [0.3, 0.4) is 0 Å². The van der Waals surface area contributed by atoms with Gasteiger partial charge in [0, 0.05) is 19.6 Å². The number of para-hydroxylation sites is 1. The standard InChI is InChI=1S/C15H25FN2/c1-4-11-17-13(2)8-7-12-18(3)15-10-6-5-9-14(15)16/h5-6,9-10,13,17H,4,7-8,11-12H2,1-3H3. The van der Waals surface area contributed by atoms with E-state index in [1.807, 2.05) is 24.1 Å². The Bertz CT molecular complexity index is 341. The van der Waals surface area contributed by atoms with Gasteiger partial charge in [-0.25, -0.2) is 4.39 Å². The molecule has 102 valence electrons. The highest BCUT2D eigenvalue weighted by molar-refractivity contribution is 5.46. The summed E-state index contributed by atoms with van der Waals surface area (Å²) in [5, 5.41) is 3.46. The zero-order chi connectivity index (χ0) is 13.4. The normalized spacial score (nSPS) is 12.4. The molecule has 0 saturated heterocycles. The van der Waals surface area contributed by atoms with E-state index in [9.17, 15) is 4.39 Å². The van der Waals surface area contributed by atoms with E-state index in [2.05, 4.69) is 19.2 Å². The third kappa shape index (κ3) is 5.05. The topological polar surface area (TPSA) is 15.3 Å². The summed E-state index contributed by atoms with van der Waals surface area (Å²) < 4.78 is 13.5. The van der Waals surface area contributed by atoms with Gasteiger partial charge in [0.15, 0.2) is 0 Å². The Labute approximate surface area is 110 Å². The molecule has 2 nitrogen and oxygen atoms in total. The van der Waals surface area contributed by atoms with E-state index in [1.165, 1.54) is 12.5 Å². The first-order valence-electron chi connectivity index (χ1n) is 6.84. The van der Waals surface area contributed by atoms with Crippen LogP contribution in [0.2, 0.25) is 0 Å². The summed E-state index contributed by atoms with van der Waals surface area (Å²) in [5.41, 5.74) is 0.687. The van der Waals surface area contributed by atoms with Crippen LogP contribution in [0.25, 0.3) is 0 Å². The molecule has 0 aromatic heterocycles. The van der Waals surface area contributed by atoms with Gasteiger partial charge in [0.05, 0.1) is 5.69 Å². The molecule has 1 rings (SSSR count). The highest BCUT2D eigenvalue weighted by atomic mass is 19.1. The fraction of sp³-hybridized carbons (Fsp3) is 0.600. The molecule has 1 atom stereocenters. The van der Waals surface area contributed by atoms with Crippen molar-refractivity contribution in [3.63, 3.8) is 0 Å². The van der Waals surface area contributed by atoms with Crippen LogP contribution < -0.4 is 10.2 Å². The first-order chi connectivity index (χ1) is 8.65. The molecule has 1 aromatic rings. The number of hydrogen-bond donors (Lipinski definition) is 1. The van der Waals surface area contributed by atoms with Gasteiger partial charge in [-0.1, -0.05) is 19.1 Å². The Morgan fingerprint density at radius 1 is 1.33 bits per heavy atom. The molecule has 18 heavy (non-hydrogen) atoms. The second kappa shape index (κ2) is 8.09. The lowest BCUT2D eigenvalue weighted by molar-refractivity contribution is 0.498. The van der Waals surface area contributed by atoms with E-state index in [0.29, 0.717) is 11.7 Å². The number of anilines is 1. The van der Waals surface area contributed by atoms with E-state index < -0.39 is 0 Å². The van der Waals surface area contributed by atoms with Crippen LogP contribution in [0.4, 0.5) is 10.1 Å². The number of nitrogens with one attached hydrogen (secondary N) is 1. The molecule has 1 N–H and O–H groups in total. The Kier molecular flexibility index (Phi) is 6.73. The summed E-state index contributed by atoms with van der Waals surface area (Å²) >= 11 is 0. The number of halogens is 1. The molecule has 0 aliphatic rings. The van der Waals surface area contributed by atoms with Gasteiger partial charge in [-0.3, -0.25) is 0 Å². The fourth-order valence-electron chi connectivity index (χ4n) is 2.01. The fourth-order valence-corrected chi connectivity index (χ4v) is 2.01. The maximum atomic E-state index is 13.5. The van der Waals surface area contributed by atoms with E-state index >= 15 is 0 Å². The quantitative estimate of drug-likeness (QED) is 0.762. The van der Waals surface area contributed by atoms with Crippen molar-refractivity contribution in [3.8, 4) is 0 Å². The predicted octanol–water partition coefficient (Wildman–Crippen LogP) is 3.43. The largest absolute Gasteiger partial charge is 0.372 e. The van der Waals surface area contributed by atoms with Gasteiger partial charge in [0.1, 0.15) is 5.82 Å². The van der Waals surface area contributed by atoms with Crippen molar-refractivity contribution in [2.24, 2.45) is 0 Å². The van der Waals surface area contributed by atoms with Crippen molar-refractivity contribution in [1.82, 2.24) is 5.32 Å². The van der Waals surface area contributed by atoms with Gasteiger partial charge in [0.2, 0.25) is 0 Å². The molecule has 1 aromatic carbocycles. The lowest BCUT2D eigenvalue weighted by Gasteiger charge is -2.21. The summed E-state index contributed by atoms with van der Waals surface area (Å²) in [4.78, 5) is 1.99. The summed E-state index contributed by atoms with van der Waals surface area (Å²) in [5.74, 6) is -0.142. The number of hydrogen-bond acceptors (Lipinski definition) is 2. The molecule has 0 saturated carbocycles. The number of benzene rings is 1. The van der Waals surface area contributed by atoms with Gasteiger partial charge in [-0.05, 0) is 44.9 Å². The molecule has 3 heteroatoms.